The molecule has 0 heterocycles. The Balaban J connectivity index is 3.59. The van der Waals surface area contributed by atoms with Gasteiger partial charge in [0.15, 0.2) is 0 Å². The van der Waals surface area contributed by atoms with Crippen LogP contribution < -0.4 is 5.73 Å². The number of hydrogen-bond acceptors (Lipinski definition) is 5. The zero-order chi connectivity index (χ0) is 12.2. The van der Waals surface area contributed by atoms with E-state index in [1.54, 1.807) is 0 Å². The van der Waals surface area contributed by atoms with Crippen molar-refractivity contribution < 1.29 is 24.5 Å². The van der Waals surface area contributed by atoms with Gasteiger partial charge in [0.1, 0.15) is 0 Å². The Morgan fingerprint density at radius 3 is 1.75 bits per heavy atom. The van der Waals surface area contributed by atoms with Crippen molar-refractivity contribution in [1.82, 2.24) is 4.90 Å². The van der Waals surface area contributed by atoms with Crippen LogP contribution in [0.5, 0.6) is 0 Å². The number of ether oxygens (including phenoxy) is 2. The number of nitrogens with zero attached hydrogens (tertiary/aromatic N) is 1. The van der Waals surface area contributed by atoms with Gasteiger partial charge in [0.2, 0.25) is 0 Å². The molecular formula is C9H20N2O5. The summed E-state index contributed by atoms with van der Waals surface area (Å²) in [7, 11) is 0. The Kier molecular flexibility index (Phi) is 10.0. The molecule has 0 saturated heterocycles. The second-order valence-corrected chi connectivity index (χ2v) is 3.00. The molecule has 7 nitrogen and oxygen atoms in total. The molecule has 0 aromatic heterocycles. The molecule has 0 aliphatic heterocycles. The van der Waals surface area contributed by atoms with E-state index in [1.165, 1.54) is 4.90 Å². The highest BCUT2D eigenvalue weighted by Gasteiger charge is 2.08. The fourth-order valence-corrected chi connectivity index (χ4v) is 1.01. The van der Waals surface area contributed by atoms with Gasteiger partial charge < -0.3 is 30.3 Å². The first kappa shape index (κ1) is 15.1. The van der Waals surface area contributed by atoms with Crippen LogP contribution in [0.15, 0.2) is 0 Å². The summed E-state index contributed by atoms with van der Waals surface area (Å²) in [5.74, 6) is 0. The fourth-order valence-electron chi connectivity index (χ4n) is 1.01. The standard InChI is InChI=1S/C9H20N2O5/c10-9(14)11(1-5-15-7-3-12)2-6-16-8-4-13/h12-13H,1-8H2,(H2,10,14). The van der Waals surface area contributed by atoms with Gasteiger partial charge in [0.05, 0.1) is 39.6 Å². The van der Waals surface area contributed by atoms with Crippen LogP contribution in [-0.2, 0) is 9.47 Å². The van der Waals surface area contributed by atoms with Gasteiger partial charge in [-0.05, 0) is 0 Å². The number of urea groups is 1. The summed E-state index contributed by atoms with van der Waals surface area (Å²) in [6.07, 6.45) is 0. The van der Waals surface area contributed by atoms with Crippen LogP contribution in [0.2, 0.25) is 0 Å². The Hall–Kier alpha value is -0.890. The van der Waals surface area contributed by atoms with Crippen molar-refractivity contribution in [2.24, 2.45) is 5.73 Å². The molecule has 0 bridgehead atoms. The van der Waals surface area contributed by atoms with Gasteiger partial charge >= 0.3 is 6.03 Å². The first-order valence-electron chi connectivity index (χ1n) is 5.14. The monoisotopic (exact) mass is 236 g/mol. The van der Waals surface area contributed by atoms with E-state index >= 15 is 0 Å². The number of nitrogens with two attached hydrogens (primary N) is 1. The minimum absolute atomic E-state index is 0.0455. The second-order valence-electron chi connectivity index (χ2n) is 3.00. The van der Waals surface area contributed by atoms with Gasteiger partial charge in [-0.25, -0.2) is 4.79 Å². The number of rotatable bonds is 10. The third-order valence-electron chi connectivity index (χ3n) is 1.79. The summed E-state index contributed by atoms with van der Waals surface area (Å²) in [6.45, 7) is 1.76. The lowest BCUT2D eigenvalue weighted by Crippen LogP contribution is -2.40. The van der Waals surface area contributed by atoms with Crippen LogP contribution in [0.4, 0.5) is 4.79 Å². The zero-order valence-electron chi connectivity index (χ0n) is 9.30. The molecular weight excluding hydrogens is 216 g/mol. The number of carbonyl (C=O) groups excluding carboxylic acids is 1. The van der Waals surface area contributed by atoms with Gasteiger partial charge in [-0.2, -0.15) is 0 Å². The number of primary amides is 1. The van der Waals surface area contributed by atoms with Crippen molar-refractivity contribution >= 4 is 6.03 Å². The third-order valence-corrected chi connectivity index (χ3v) is 1.79. The number of amides is 2. The summed E-state index contributed by atoms with van der Waals surface area (Å²) in [4.78, 5) is 12.3. The molecule has 0 aliphatic carbocycles. The van der Waals surface area contributed by atoms with Crippen LogP contribution in [-0.4, -0.2) is 73.9 Å². The molecule has 0 aromatic rings. The average molecular weight is 236 g/mol. The Labute approximate surface area is 94.7 Å². The first-order chi connectivity index (χ1) is 7.72. The highest BCUT2D eigenvalue weighted by atomic mass is 16.5. The third kappa shape index (κ3) is 8.42. The maximum Gasteiger partial charge on any atom is 0.314 e. The molecule has 16 heavy (non-hydrogen) atoms. The quantitative estimate of drug-likeness (QED) is 0.396. The van der Waals surface area contributed by atoms with E-state index in [1.807, 2.05) is 0 Å². The van der Waals surface area contributed by atoms with E-state index in [2.05, 4.69) is 0 Å². The molecule has 96 valence electrons. The van der Waals surface area contributed by atoms with Crippen molar-refractivity contribution in [3.63, 3.8) is 0 Å². The summed E-state index contributed by atoms with van der Waals surface area (Å²) in [6, 6.07) is -0.541. The van der Waals surface area contributed by atoms with E-state index in [-0.39, 0.29) is 26.4 Å². The lowest BCUT2D eigenvalue weighted by atomic mass is 10.5. The van der Waals surface area contributed by atoms with Crippen LogP contribution in [0.1, 0.15) is 0 Å². The fraction of sp³-hybridized carbons (Fsp3) is 0.889. The van der Waals surface area contributed by atoms with Gasteiger partial charge in [0.25, 0.3) is 0 Å². The number of hydrogen-bond donors (Lipinski definition) is 3. The minimum Gasteiger partial charge on any atom is -0.394 e. The maximum absolute atomic E-state index is 11.0. The largest absolute Gasteiger partial charge is 0.394 e. The highest BCUT2D eigenvalue weighted by Crippen LogP contribution is 1.89. The Bertz CT molecular complexity index is 167. The molecule has 4 N–H and O–H groups in total. The molecule has 0 atom stereocenters. The van der Waals surface area contributed by atoms with E-state index in [0.29, 0.717) is 26.3 Å². The predicted octanol–water partition coefficient (Wildman–Crippen LogP) is -1.62. The molecule has 0 rings (SSSR count). The molecule has 0 spiro atoms. The molecule has 0 fully saturated rings. The van der Waals surface area contributed by atoms with Gasteiger partial charge in [0, 0.05) is 13.1 Å². The zero-order valence-corrected chi connectivity index (χ0v) is 9.30. The molecule has 7 heteroatoms. The topological polar surface area (TPSA) is 105 Å². The van der Waals surface area contributed by atoms with E-state index in [0.717, 1.165) is 0 Å². The summed E-state index contributed by atoms with van der Waals surface area (Å²) < 4.78 is 10.0. The first-order valence-corrected chi connectivity index (χ1v) is 5.14. The predicted molar refractivity (Wildman–Crippen MR) is 57.0 cm³/mol. The SMILES string of the molecule is NC(=O)N(CCOCCO)CCOCCO. The van der Waals surface area contributed by atoms with E-state index in [4.69, 9.17) is 25.4 Å². The average Bonchev–Trinajstić information content (AvgIpc) is 2.26. The Morgan fingerprint density at radius 2 is 1.44 bits per heavy atom. The van der Waals surface area contributed by atoms with Gasteiger partial charge in [-0.1, -0.05) is 0 Å². The van der Waals surface area contributed by atoms with Gasteiger partial charge in [-0.15, -0.1) is 0 Å². The van der Waals surface area contributed by atoms with Crippen LogP contribution >= 0.6 is 0 Å². The second kappa shape index (κ2) is 10.6. The lowest BCUT2D eigenvalue weighted by Gasteiger charge is -2.19. The molecule has 0 aromatic carbocycles. The van der Waals surface area contributed by atoms with Crippen LogP contribution in [0.25, 0.3) is 0 Å². The number of carbonyl (C=O) groups is 1. The summed E-state index contributed by atoms with van der Waals surface area (Å²) >= 11 is 0. The summed E-state index contributed by atoms with van der Waals surface area (Å²) in [5, 5.41) is 16.9. The number of aliphatic hydroxyl groups is 2. The lowest BCUT2D eigenvalue weighted by molar-refractivity contribution is 0.0601. The van der Waals surface area contributed by atoms with Gasteiger partial charge in [-0.3, -0.25) is 0 Å². The molecule has 0 aliphatic rings. The van der Waals surface area contributed by atoms with Crippen molar-refractivity contribution in [3.8, 4) is 0 Å². The molecule has 0 unspecified atom stereocenters. The van der Waals surface area contributed by atoms with Crippen molar-refractivity contribution in [1.29, 1.82) is 0 Å². The van der Waals surface area contributed by atoms with Crippen molar-refractivity contribution in [2.75, 3.05) is 52.7 Å². The smallest absolute Gasteiger partial charge is 0.314 e. The van der Waals surface area contributed by atoms with E-state index < -0.39 is 6.03 Å². The minimum atomic E-state index is -0.541. The van der Waals surface area contributed by atoms with Crippen LogP contribution in [0, 0.1) is 0 Å². The van der Waals surface area contributed by atoms with Crippen molar-refractivity contribution in [3.05, 3.63) is 0 Å². The van der Waals surface area contributed by atoms with Crippen molar-refractivity contribution in [2.45, 2.75) is 0 Å². The highest BCUT2D eigenvalue weighted by molar-refractivity contribution is 5.71. The Morgan fingerprint density at radius 1 is 1.00 bits per heavy atom. The maximum atomic E-state index is 11.0. The van der Waals surface area contributed by atoms with E-state index in [9.17, 15) is 4.79 Å². The van der Waals surface area contributed by atoms with Crippen LogP contribution in [0.3, 0.4) is 0 Å². The molecule has 0 radical (unpaired) electrons. The molecule has 0 saturated carbocycles. The molecule has 2 amide bonds. The summed E-state index contributed by atoms with van der Waals surface area (Å²) in [5.41, 5.74) is 5.14. The normalized spacial score (nSPS) is 10.4. The number of aliphatic hydroxyl groups excluding tert-OH is 2.